The number of rotatable bonds is 11. The summed E-state index contributed by atoms with van der Waals surface area (Å²) in [5, 5.41) is 12.8. The van der Waals surface area contributed by atoms with Gasteiger partial charge in [-0.05, 0) is 31.7 Å². The van der Waals surface area contributed by atoms with Crippen LogP contribution in [0.1, 0.15) is 46.5 Å². The van der Waals surface area contributed by atoms with Crippen molar-refractivity contribution in [2.45, 2.75) is 52.6 Å². The summed E-state index contributed by atoms with van der Waals surface area (Å²) in [6, 6.07) is 0. The highest BCUT2D eigenvalue weighted by atomic mass is 16.5. The van der Waals surface area contributed by atoms with Crippen molar-refractivity contribution in [3.8, 4) is 0 Å². The number of hydrogen-bond donors (Lipinski definition) is 2. The minimum absolute atomic E-state index is 0.365. The molecule has 1 unspecified atom stereocenters. The van der Waals surface area contributed by atoms with E-state index in [0.717, 1.165) is 31.9 Å². The molecule has 0 radical (unpaired) electrons. The van der Waals surface area contributed by atoms with Crippen molar-refractivity contribution in [3.05, 3.63) is 0 Å². The Bertz CT molecular complexity index is 140. The third kappa shape index (κ3) is 12.0. The van der Waals surface area contributed by atoms with Crippen LogP contribution in [-0.4, -0.2) is 37.5 Å². The summed E-state index contributed by atoms with van der Waals surface area (Å²) in [6.07, 6.45) is 4.28. The van der Waals surface area contributed by atoms with Gasteiger partial charge in [-0.2, -0.15) is 0 Å². The van der Waals surface area contributed by atoms with Crippen LogP contribution in [0.3, 0.4) is 0 Å². The zero-order valence-electron chi connectivity index (χ0n) is 11.2. The molecule has 0 aromatic heterocycles. The van der Waals surface area contributed by atoms with Gasteiger partial charge in [-0.1, -0.05) is 27.2 Å². The molecule has 1 atom stereocenters. The highest BCUT2D eigenvalue weighted by Gasteiger charge is 2.03. The predicted molar refractivity (Wildman–Crippen MR) is 68.7 cm³/mol. The summed E-state index contributed by atoms with van der Waals surface area (Å²) in [5.41, 5.74) is 0. The number of aliphatic hydroxyl groups is 1. The largest absolute Gasteiger partial charge is 0.389 e. The highest BCUT2D eigenvalue weighted by molar-refractivity contribution is 4.59. The molecule has 0 amide bonds. The molecule has 0 saturated heterocycles. The van der Waals surface area contributed by atoms with Crippen LogP contribution in [0.5, 0.6) is 0 Å². The second kappa shape index (κ2) is 11.4. The molecule has 0 spiro atoms. The van der Waals surface area contributed by atoms with E-state index < -0.39 is 0 Å². The van der Waals surface area contributed by atoms with E-state index in [1.165, 1.54) is 12.8 Å². The van der Waals surface area contributed by atoms with E-state index in [1.54, 1.807) is 0 Å². The fourth-order valence-corrected chi connectivity index (χ4v) is 1.43. The Labute approximate surface area is 101 Å². The molecule has 98 valence electrons. The number of aliphatic hydroxyl groups excluding tert-OH is 1. The van der Waals surface area contributed by atoms with Gasteiger partial charge in [0.2, 0.25) is 0 Å². The average molecular weight is 231 g/mol. The van der Waals surface area contributed by atoms with Gasteiger partial charge in [0.25, 0.3) is 0 Å². The molecule has 0 rings (SSSR count). The van der Waals surface area contributed by atoms with Crippen molar-refractivity contribution >= 4 is 0 Å². The number of nitrogens with one attached hydrogen (secondary N) is 1. The molecule has 0 bridgehead atoms. The van der Waals surface area contributed by atoms with Gasteiger partial charge in [-0.15, -0.1) is 0 Å². The summed E-state index contributed by atoms with van der Waals surface area (Å²) in [4.78, 5) is 0. The van der Waals surface area contributed by atoms with Gasteiger partial charge < -0.3 is 15.2 Å². The summed E-state index contributed by atoms with van der Waals surface area (Å²) in [7, 11) is 0. The van der Waals surface area contributed by atoms with Crippen molar-refractivity contribution in [3.63, 3.8) is 0 Å². The first kappa shape index (κ1) is 15.9. The number of unbranched alkanes of at least 4 members (excludes halogenated alkanes) is 1. The Morgan fingerprint density at radius 3 is 2.62 bits per heavy atom. The molecular formula is C13H29NO2. The lowest BCUT2D eigenvalue weighted by atomic mass is 10.1. The maximum atomic E-state index is 9.57. The third-order valence-electron chi connectivity index (χ3n) is 2.47. The summed E-state index contributed by atoms with van der Waals surface area (Å²) in [6.45, 7) is 9.45. The van der Waals surface area contributed by atoms with E-state index in [2.05, 4.69) is 26.1 Å². The Balaban J connectivity index is 3.14. The topological polar surface area (TPSA) is 41.5 Å². The summed E-state index contributed by atoms with van der Waals surface area (Å²) in [5.74, 6) is 0.768. The van der Waals surface area contributed by atoms with Crippen molar-refractivity contribution in [1.82, 2.24) is 5.32 Å². The van der Waals surface area contributed by atoms with Crippen LogP contribution in [0.4, 0.5) is 0 Å². The Morgan fingerprint density at radius 2 is 2.00 bits per heavy atom. The van der Waals surface area contributed by atoms with Crippen molar-refractivity contribution in [2.24, 2.45) is 5.92 Å². The fourth-order valence-electron chi connectivity index (χ4n) is 1.43. The van der Waals surface area contributed by atoms with Gasteiger partial charge in [-0.3, -0.25) is 0 Å². The Hall–Kier alpha value is -0.120. The Kier molecular flexibility index (Phi) is 11.3. The third-order valence-corrected chi connectivity index (χ3v) is 2.47. The first-order chi connectivity index (χ1) is 7.66. The molecule has 2 N–H and O–H groups in total. The molecule has 3 nitrogen and oxygen atoms in total. The minimum Gasteiger partial charge on any atom is -0.389 e. The Morgan fingerprint density at radius 1 is 1.25 bits per heavy atom. The lowest BCUT2D eigenvalue weighted by Gasteiger charge is -2.12. The van der Waals surface area contributed by atoms with Gasteiger partial charge in [0.05, 0.1) is 12.7 Å². The van der Waals surface area contributed by atoms with Gasteiger partial charge >= 0.3 is 0 Å². The van der Waals surface area contributed by atoms with Gasteiger partial charge in [0.1, 0.15) is 0 Å². The van der Waals surface area contributed by atoms with Crippen LogP contribution >= 0.6 is 0 Å². The first-order valence-electron chi connectivity index (χ1n) is 6.63. The second-order valence-electron chi connectivity index (χ2n) is 4.82. The fraction of sp³-hybridized carbons (Fsp3) is 1.00. The van der Waals surface area contributed by atoms with E-state index in [0.29, 0.717) is 13.2 Å². The zero-order valence-corrected chi connectivity index (χ0v) is 11.2. The highest BCUT2D eigenvalue weighted by Crippen LogP contribution is 2.01. The zero-order chi connectivity index (χ0) is 12.2. The monoisotopic (exact) mass is 231 g/mol. The second-order valence-corrected chi connectivity index (χ2v) is 4.82. The molecule has 0 heterocycles. The molecule has 0 aromatic rings. The quantitative estimate of drug-likeness (QED) is 0.536. The SMILES string of the molecule is CCCCOCC(O)CNCCCC(C)C. The van der Waals surface area contributed by atoms with Crippen molar-refractivity contribution < 1.29 is 9.84 Å². The maximum absolute atomic E-state index is 9.57. The molecule has 0 aliphatic carbocycles. The molecule has 3 heteroatoms. The number of ether oxygens (including phenoxy) is 1. The molecule has 0 aromatic carbocycles. The van der Waals surface area contributed by atoms with Gasteiger partial charge in [-0.25, -0.2) is 0 Å². The van der Waals surface area contributed by atoms with Crippen LogP contribution in [-0.2, 0) is 4.74 Å². The minimum atomic E-state index is -0.365. The lowest BCUT2D eigenvalue weighted by molar-refractivity contribution is 0.0359. The summed E-state index contributed by atoms with van der Waals surface area (Å²) < 4.78 is 5.34. The summed E-state index contributed by atoms with van der Waals surface area (Å²) >= 11 is 0. The number of hydrogen-bond acceptors (Lipinski definition) is 3. The maximum Gasteiger partial charge on any atom is 0.0897 e. The van der Waals surface area contributed by atoms with E-state index in [1.807, 2.05) is 0 Å². The van der Waals surface area contributed by atoms with Crippen LogP contribution in [0, 0.1) is 5.92 Å². The van der Waals surface area contributed by atoms with E-state index in [9.17, 15) is 5.11 Å². The lowest BCUT2D eigenvalue weighted by Crippen LogP contribution is -2.31. The van der Waals surface area contributed by atoms with E-state index >= 15 is 0 Å². The van der Waals surface area contributed by atoms with Crippen LogP contribution < -0.4 is 5.32 Å². The molecule has 0 aliphatic rings. The van der Waals surface area contributed by atoms with Gasteiger partial charge in [0, 0.05) is 13.2 Å². The average Bonchev–Trinajstić information content (AvgIpc) is 2.23. The molecule has 0 aliphatic heterocycles. The van der Waals surface area contributed by atoms with Crippen molar-refractivity contribution in [2.75, 3.05) is 26.3 Å². The van der Waals surface area contributed by atoms with Crippen LogP contribution in [0.25, 0.3) is 0 Å². The van der Waals surface area contributed by atoms with Crippen LogP contribution in [0.2, 0.25) is 0 Å². The molecule has 16 heavy (non-hydrogen) atoms. The van der Waals surface area contributed by atoms with Gasteiger partial charge in [0.15, 0.2) is 0 Å². The van der Waals surface area contributed by atoms with Crippen molar-refractivity contribution in [1.29, 1.82) is 0 Å². The first-order valence-corrected chi connectivity index (χ1v) is 6.63. The molecular weight excluding hydrogens is 202 g/mol. The van der Waals surface area contributed by atoms with E-state index in [4.69, 9.17) is 4.74 Å². The predicted octanol–water partition coefficient (Wildman–Crippen LogP) is 2.19. The molecule has 0 saturated carbocycles. The molecule has 0 fully saturated rings. The normalized spacial score (nSPS) is 13.3. The standard InChI is InChI=1S/C13H29NO2/c1-4-5-9-16-11-13(15)10-14-8-6-7-12(2)3/h12-15H,4-11H2,1-3H3. The smallest absolute Gasteiger partial charge is 0.0897 e. The van der Waals surface area contributed by atoms with Crippen LogP contribution in [0.15, 0.2) is 0 Å². The van der Waals surface area contributed by atoms with E-state index in [-0.39, 0.29) is 6.10 Å².